The molecule has 1 atom stereocenters. The summed E-state index contributed by atoms with van der Waals surface area (Å²) in [4.78, 5) is 27.3. The number of hydrogen-bond acceptors (Lipinski definition) is 3. The van der Waals surface area contributed by atoms with Gasteiger partial charge in [-0.25, -0.2) is 9.18 Å². The van der Waals surface area contributed by atoms with Gasteiger partial charge in [0.2, 0.25) is 12.3 Å². The molecule has 0 saturated carbocycles. The molecule has 1 saturated heterocycles. The van der Waals surface area contributed by atoms with Gasteiger partial charge in [0.15, 0.2) is 0 Å². The molecule has 2 rings (SSSR count). The average molecular weight is 357 g/mol. The van der Waals surface area contributed by atoms with E-state index in [0.29, 0.717) is 44.0 Å². The molecule has 2 amide bonds. The number of alkyl halides is 1. The van der Waals surface area contributed by atoms with Crippen LogP contribution in [0.15, 0.2) is 24.3 Å². The third-order valence-electron chi connectivity index (χ3n) is 3.90. The number of carbonyl (C=O) groups excluding carboxylic acids is 2. The standard InChI is InChI=1S/C17H22ClFN2O3/c1-2-3-15(19)24-17(23)21-10-8-20(9-11-21)16(22)12-13-4-6-14(18)7-5-13/h4-7,15H,2-3,8-12H2,1H3. The Morgan fingerprint density at radius 2 is 1.75 bits per heavy atom. The highest BCUT2D eigenvalue weighted by Crippen LogP contribution is 2.13. The molecule has 0 aliphatic carbocycles. The van der Waals surface area contributed by atoms with E-state index in [1.54, 1.807) is 17.0 Å². The van der Waals surface area contributed by atoms with Crippen molar-refractivity contribution >= 4 is 23.6 Å². The van der Waals surface area contributed by atoms with Crippen LogP contribution in [0.25, 0.3) is 0 Å². The van der Waals surface area contributed by atoms with Gasteiger partial charge in [0.25, 0.3) is 0 Å². The Hall–Kier alpha value is -1.82. The molecule has 1 aliphatic heterocycles. The third kappa shape index (κ3) is 5.37. The number of hydrogen-bond donors (Lipinski definition) is 0. The summed E-state index contributed by atoms with van der Waals surface area (Å²) in [6.45, 7) is 3.37. The second kappa shape index (κ2) is 8.87. The van der Waals surface area contributed by atoms with Crippen LogP contribution in [0, 0.1) is 0 Å². The Labute approximate surface area is 146 Å². The molecule has 24 heavy (non-hydrogen) atoms. The SMILES string of the molecule is CCCC(F)OC(=O)N1CCN(C(=O)Cc2ccc(Cl)cc2)CC1. The van der Waals surface area contributed by atoms with Gasteiger partial charge in [-0.05, 0) is 24.1 Å². The lowest BCUT2D eigenvalue weighted by atomic mass is 10.1. The predicted molar refractivity (Wildman–Crippen MR) is 89.6 cm³/mol. The van der Waals surface area contributed by atoms with E-state index < -0.39 is 12.5 Å². The minimum Gasteiger partial charge on any atom is -0.415 e. The Balaban J connectivity index is 1.78. The molecule has 0 spiro atoms. The highest BCUT2D eigenvalue weighted by atomic mass is 35.5. The van der Waals surface area contributed by atoms with Crippen LogP contribution in [0.1, 0.15) is 25.3 Å². The largest absolute Gasteiger partial charge is 0.415 e. The number of rotatable bonds is 5. The molecule has 7 heteroatoms. The van der Waals surface area contributed by atoms with Crippen LogP contribution in [0.3, 0.4) is 0 Å². The number of benzene rings is 1. The molecule has 5 nitrogen and oxygen atoms in total. The lowest BCUT2D eigenvalue weighted by Gasteiger charge is -2.34. The van der Waals surface area contributed by atoms with Crippen LogP contribution in [-0.2, 0) is 16.0 Å². The highest BCUT2D eigenvalue weighted by Gasteiger charge is 2.26. The Morgan fingerprint density at radius 1 is 1.17 bits per heavy atom. The second-order valence-corrected chi connectivity index (χ2v) is 6.19. The third-order valence-corrected chi connectivity index (χ3v) is 4.16. The van der Waals surface area contributed by atoms with Gasteiger partial charge < -0.3 is 14.5 Å². The summed E-state index contributed by atoms with van der Waals surface area (Å²) in [6, 6.07) is 7.15. The molecule has 0 aromatic heterocycles. The number of halogens is 2. The summed E-state index contributed by atoms with van der Waals surface area (Å²) in [5.74, 6) is -0.000286. The van der Waals surface area contributed by atoms with Gasteiger partial charge in [0.05, 0.1) is 6.42 Å². The second-order valence-electron chi connectivity index (χ2n) is 5.75. The monoisotopic (exact) mass is 356 g/mol. The first kappa shape index (κ1) is 18.5. The molecule has 1 aromatic carbocycles. The Kier molecular flexibility index (Phi) is 6.85. The van der Waals surface area contributed by atoms with E-state index in [1.807, 2.05) is 19.1 Å². The quantitative estimate of drug-likeness (QED) is 0.813. The van der Waals surface area contributed by atoms with Crippen LogP contribution in [0.2, 0.25) is 5.02 Å². The van der Waals surface area contributed by atoms with Gasteiger partial charge in [-0.2, -0.15) is 0 Å². The summed E-state index contributed by atoms with van der Waals surface area (Å²) in [5, 5.41) is 0.632. The zero-order valence-electron chi connectivity index (χ0n) is 13.7. The minimum atomic E-state index is -1.56. The molecule has 132 valence electrons. The van der Waals surface area contributed by atoms with Crippen LogP contribution >= 0.6 is 11.6 Å². The van der Waals surface area contributed by atoms with Crippen molar-refractivity contribution in [2.75, 3.05) is 26.2 Å². The van der Waals surface area contributed by atoms with E-state index in [4.69, 9.17) is 16.3 Å². The number of ether oxygens (including phenoxy) is 1. The van der Waals surface area contributed by atoms with Crippen LogP contribution in [0.4, 0.5) is 9.18 Å². The van der Waals surface area contributed by atoms with Crippen molar-refractivity contribution in [2.24, 2.45) is 0 Å². The number of nitrogens with zero attached hydrogens (tertiary/aromatic N) is 2. The molecule has 1 fully saturated rings. The van der Waals surface area contributed by atoms with Crippen molar-refractivity contribution in [1.82, 2.24) is 9.80 Å². The molecule has 0 N–H and O–H groups in total. The molecule has 1 heterocycles. The molecule has 0 bridgehead atoms. The normalized spacial score (nSPS) is 16.0. The van der Waals surface area contributed by atoms with Crippen LogP contribution in [0.5, 0.6) is 0 Å². The van der Waals surface area contributed by atoms with E-state index in [-0.39, 0.29) is 12.3 Å². The van der Waals surface area contributed by atoms with Gasteiger partial charge in [0.1, 0.15) is 0 Å². The first-order valence-electron chi connectivity index (χ1n) is 8.11. The lowest BCUT2D eigenvalue weighted by Crippen LogP contribution is -2.51. The molecule has 1 aliphatic rings. The van der Waals surface area contributed by atoms with Crippen LogP contribution in [-0.4, -0.2) is 54.3 Å². The maximum atomic E-state index is 13.3. The predicted octanol–water partition coefficient (Wildman–Crippen LogP) is 3.26. The van der Waals surface area contributed by atoms with Gasteiger partial charge in [-0.3, -0.25) is 4.79 Å². The van der Waals surface area contributed by atoms with Crippen molar-refractivity contribution in [3.05, 3.63) is 34.9 Å². The van der Waals surface area contributed by atoms with Crippen molar-refractivity contribution in [3.8, 4) is 0 Å². The first-order valence-corrected chi connectivity index (χ1v) is 8.49. The first-order chi connectivity index (χ1) is 11.5. The highest BCUT2D eigenvalue weighted by molar-refractivity contribution is 6.30. The van der Waals surface area contributed by atoms with Gasteiger partial charge in [-0.15, -0.1) is 0 Å². The maximum Gasteiger partial charge on any atom is 0.412 e. The number of carbonyl (C=O) groups is 2. The average Bonchev–Trinajstić information content (AvgIpc) is 2.57. The smallest absolute Gasteiger partial charge is 0.412 e. The fourth-order valence-electron chi connectivity index (χ4n) is 2.50. The minimum absolute atomic E-state index is 0.000286. The molecule has 0 radical (unpaired) electrons. The van der Waals surface area contributed by atoms with E-state index >= 15 is 0 Å². The van der Waals surface area contributed by atoms with Crippen molar-refractivity contribution in [2.45, 2.75) is 32.5 Å². The number of piperazine rings is 1. The zero-order valence-corrected chi connectivity index (χ0v) is 14.5. The summed E-state index contributed by atoms with van der Waals surface area (Å²) in [5.41, 5.74) is 0.895. The fraction of sp³-hybridized carbons (Fsp3) is 0.529. The molecule has 1 unspecified atom stereocenters. The van der Waals surface area contributed by atoms with Gasteiger partial charge in [0, 0.05) is 37.6 Å². The Morgan fingerprint density at radius 3 is 2.33 bits per heavy atom. The molecular weight excluding hydrogens is 335 g/mol. The van der Waals surface area contributed by atoms with Gasteiger partial charge >= 0.3 is 6.09 Å². The number of amides is 2. The van der Waals surface area contributed by atoms with E-state index in [0.717, 1.165) is 5.56 Å². The fourth-order valence-corrected chi connectivity index (χ4v) is 2.62. The topological polar surface area (TPSA) is 49.9 Å². The van der Waals surface area contributed by atoms with Gasteiger partial charge in [-0.1, -0.05) is 30.7 Å². The Bertz CT molecular complexity index is 559. The van der Waals surface area contributed by atoms with E-state index in [1.165, 1.54) is 4.90 Å². The van der Waals surface area contributed by atoms with E-state index in [2.05, 4.69) is 0 Å². The summed E-state index contributed by atoms with van der Waals surface area (Å²) in [7, 11) is 0. The van der Waals surface area contributed by atoms with Crippen molar-refractivity contribution in [1.29, 1.82) is 0 Å². The summed E-state index contributed by atoms with van der Waals surface area (Å²) >= 11 is 5.83. The summed E-state index contributed by atoms with van der Waals surface area (Å²) in [6.07, 6.45) is -1.11. The van der Waals surface area contributed by atoms with Crippen molar-refractivity contribution in [3.63, 3.8) is 0 Å². The molecule has 1 aromatic rings. The summed E-state index contributed by atoms with van der Waals surface area (Å²) < 4.78 is 18.1. The maximum absolute atomic E-state index is 13.3. The molecular formula is C17H22ClFN2O3. The lowest BCUT2D eigenvalue weighted by molar-refractivity contribution is -0.132. The van der Waals surface area contributed by atoms with Crippen LogP contribution < -0.4 is 0 Å². The zero-order chi connectivity index (χ0) is 17.5. The van der Waals surface area contributed by atoms with E-state index in [9.17, 15) is 14.0 Å². The van der Waals surface area contributed by atoms with Crippen molar-refractivity contribution < 1.29 is 18.7 Å².